The fourth-order valence-corrected chi connectivity index (χ4v) is 2.39. The lowest BCUT2D eigenvalue weighted by atomic mass is 10.1. The highest BCUT2D eigenvalue weighted by atomic mass is 16.1. The first-order chi connectivity index (χ1) is 12.7. The molecular formula is C20H17N5O. The number of carbonyl (C=O) groups is 1. The van der Waals surface area contributed by atoms with Crippen molar-refractivity contribution in [2.45, 2.75) is 13.0 Å². The second-order valence-corrected chi connectivity index (χ2v) is 5.71. The number of nitrogens with one attached hydrogen (secondary N) is 2. The van der Waals surface area contributed by atoms with Crippen molar-refractivity contribution in [3.8, 4) is 6.07 Å². The fraction of sp³-hybridized carbons (Fsp3) is 0.100. The van der Waals surface area contributed by atoms with Crippen LogP contribution >= 0.6 is 0 Å². The van der Waals surface area contributed by atoms with Crippen LogP contribution in [0.2, 0.25) is 0 Å². The molecule has 1 aromatic heterocycles. The van der Waals surface area contributed by atoms with E-state index in [-0.39, 0.29) is 17.6 Å². The van der Waals surface area contributed by atoms with Crippen LogP contribution in [-0.4, -0.2) is 15.9 Å². The van der Waals surface area contributed by atoms with Gasteiger partial charge in [0.2, 0.25) is 0 Å². The third kappa shape index (κ3) is 4.22. The maximum atomic E-state index is 12.2. The quantitative estimate of drug-likeness (QED) is 0.736. The van der Waals surface area contributed by atoms with Gasteiger partial charge < -0.3 is 10.6 Å². The van der Waals surface area contributed by atoms with Crippen molar-refractivity contribution in [1.82, 2.24) is 9.97 Å². The Labute approximate surface area is 151 Å². The summed E-state index contributed by atoms with van der Waals surface area (Å²) in [6, 6.07) is 18.7. The predicted molar refractivity (Wildman–Crippen MR) is 99.6 cm³/mol. The number of benzene rings is 2. The Kier molecular flexibility index (Phi) is 5.20. The smallest absolute Gasteiger partial charge is 0.275 e. The zero-order valence-corrected chi connectivity index (χ0v) is 14.2. The lowest BCUT2D eigenvalue weighted by Gasteiger charge is -2.14. The molecule has 0 fully saturated rings. The molecule has 0 saturated heterocycles. The number of hydrogen-bond donors (Lipinski definition) is 2. The summed E-state index contributed by atoms with van der Waals surface area (Å²) >= 11 is 0. The number of amides is 1. The van der Waals surface area contributed by atoms with Gasteiger partial charge in [-0.25, -0.2) is 9.97 Å². The standard InChI is InChI=1S/C20H17N5O/c1-14(16-5-3-2-4-6-16)24-19-13-22-18(12-23-19)20(26)25-17-9-7-15(11-21)8-10-17/h2-10,12-14H,1H3,(H,23,24)(H,25,26). The number of hydrogen-bond acceptors (Lipinski definition) is 5. The summed E-state index contributed by atoms with van der Waals surface area (Å²) < 4.78 is 0. The van der Waals surface area contributed by atoms with Crippen molar-refractivity contribution in [2.24, 2.45) is 0 Å². The Hall–Kier alpha value is -3.72. The zero-order valence-electron chi connectivity index (χ0n) is 14.2. The van der Waals surface area contributed by atoms with E-state index in [2.05, 4.69) is 20.6 Å². The number of anilines is 2. The minimum absolute atomic E-state index is 0.0730. The highest BCUT2D eigenvalue weighted by Crippen LogP contribution is 2.17. The van der Waals surface area contributed by atoms with E-state index in [1.54, 1.807) is 24.3 Å². The molecule has 3 rings (SSSR count). The first kappa shape index (κ1) is 17.1. The van der Waals surface area contributed by atoms with Crippen LogP contribution in [0.3, 0.4) is 0 Å². The molecule has 0 bridgehead atoms. The molecule has 0 aliphatic heterocycles. The van der Waals surface area contributed by atoms with Crippen LogP contribution in [0.15, 0.2) is 67.0 Å². The third-order valence-corrected chi connectivity index (χ3v) is 3.82. The van der Waals surface area contributed by atoms with Gasteiger partial charge in [0.05, 0.1) is 24.0 Å². The maximum Gasteiger partial charge on any atom is 0.275 e. The van der Waals surface area contributed by atoms with Crippen molar-refractivity contribution in [3.05, 3.63) is 83.8 Å². The van der Waals surface area contributed by atoms with Crippen molar-refractivity contribution < 1.29 is 4.79 Å². The van der Waals surface area contributed by atoms with E-state index in [1.165, 1.54) is 12.4 Å². The molecule has 6 heteroatoms. The van der Waals surface area contributed by atoms with Crippen LogP contribution in [0.25, 0.3) is 0 Å². The molecule has 1 heterocycles. The van der Waals surface area contributed by atoms with E-state index in [9.17, 15) is 4.79 Å². The normalized spacial score (nSPS) is 11.2. The summed E-state index contributed by atoms with van der Waals surface area (Å²) in [4.78, 5) is 20.6. The first-order valence-electron chi connectivity index (χ1n) is 8.11. The van der Waals surface area contributed by atoms with Crippen molar-refractivity contribution in [3.63, 3.8) is 0 Å². The fourth-order valence-electron chi connectivity index (χ4n) is 2.39. The number of nitrogens with zero attached hydrogens (tertiary/aromatic N) is 3. The summed E-state index contributed by atoms with van der Waals surface area (Å²) in [5.41, 5.74) is 2.48. The summed E-state index contributed by atoms with van der Waals surface area (Å²) in [6.07, 6.45) is 2.96. The minimum Gasteiger partial charge on any atom is -0.362 e. The van der Waals surface area contributed by atoms with Gasteiger partial charge in [-0.2, -0.15) is 5.26 Å². The summed E-state index contributed by atoms with van der Waals surface area (Å²) in [5, 5.41) is 14.8. The third-order valence-electron chi connectivity index (χ3n) is 3.82. The second-order valence-electron chi connectivity index (χ2n) is 5.71. The topological polar surface area (TPSA) is 90.7 Å². The summed E-state index contributed by atoms with van der Waals surface area (Å²) in [7, 11) is 0. The molecule has 1 unspecified atom stereocenters. The zero-order chi connectivity index (χ0) is 18.4. The van der Waals surface area contributed by atoms with Gasteiger partial charge in [0.25, 0.3) is 5.91 Å². The van der Waals surface area contributed by atoms with Crippen LogP contribution in [0.5, 0.6) is 0 Å². The molecule has 1 amide bonds. The van der Waals surface area contributed by atoms with Gasteiger partial charge in [0.15, 0.2) is 0 Å². The Balaban J connectivity index is 1.63. The molecule has 0 radical (unpaired) electrons. The van der Waals surface area contributed by atoms with E-state index in [1.807, 2.05) is 43.3 Å². The van der Waals surface area contributed by atoms with E-state index in [0.717, 1.165) is 5.56 Å². The average molecular weight is 343 g/mol. The van der Waals surface area contributed by atoms with Crippen LogP contribution in [0.4, 0.5) is 11.5 Å². The van der Waals surface area contributed by atoms with Crippen LogP contribution < -0.4 is 10.6 Å². The van der Waals surface area contributed by atoms with Crippen LogP contribution in [0, 0.1) is 11.3 Å². The molecule has 0 spiro atoms. The van der Waals surface area contributed by atoms with E-state index in [4.69, 9.17) is 5.26 Å². The maximum absolute atomic E-state index is 12.2. The highest BCUT2D eigenvalue weighted by Gasteiger charge is 2.10. The van der Waals surface area contributed by atoms with Crippen molar-refractivity contribution in [1.29, 1.82) is 5.26 Å². The van der Waals surface area contributed by atoms with Gasteiger partial charge in [0.1, 0.15) is 11.5 Å². The molecule has 2 N–H and O–H groups in total. The molecule has 3 aromatic rings. The Morgan fingerprint density at radius 2 is 1.77 bits per heavy atom. The minimum atomic E-state index is -0.357. The number of nitriles is 1. The monoisotopic (exact) mass is 343 g/mol. The molecule has 0 saturated carbocycles. The molecule has 2 aromatic carbocycles. The lowest BCUT2D eigenvalue weighted by Crippen LogP contribution is -2.15. The number of rotatable bonds is 5. The second kappa shape index (κ2) is 7.90. The Morgan fingerprint density at radius 1 is 1.04 bits per heavy atom. The molecular weight excluding hydrogens is 326 g/mol. The van der Waals surface area contributed by atoms with Crippen molar-refractivity contribution in [2.75, 3.05) is 10.6 Å². The molecule has 128 valence electrons. The predicted octanol–water partition coefficient (Wildman–Crippen LogP) is 3.77. The average Bonchev–Trinajstić information content (AvgIpc) is 2.69. The Bertz CT molecular complexity index is 915. The highest BCUT2D eigenvalue weighted by molar-refractivity contribution is 6.02. The Morgan fingerprint density at radius 3 is 2.38 bits per heavy atom. The number of carbonyl (C=O) groups excluding carboxylic acids is 1. The lowest BCUT2D eigenvalue weighted by molar-refractivity contribution is 0.102. The molecule has 26 heavy (non-hydrogen) atoms. The van der Waals surface area contributed by atoms with Gasteiger partial charge in [-0.05, 0) is 36.8 Å². The molecule has 0 aliphatic rings. The van der Waals surface area contributed by atoms with E-state index in [0.29, 0.717) is 17.1 Å². The summed E-state index contributed by atoms with van der Waals surface area (Å²) in [5.74, 6) is 0.237. The van der Waals surface area contributed by atoms with Crippen LogP contribution in [-0.2, 0) is 0 Å². The largest absolute Gasteiger partial charge is 0.362 e. The number of aromatic nitrogens is 2. The van der Waals surface area contributed by atoms with Gasteiger partial charge in [-0.1, -0.05) is 30.3 Å². The SMILES string of the molecule is CC(Nc1cnc(C(=O)Nc2ccc(C#N)cc2)cn1)c1ccccc1. The molecule has 0 aliphatic carbocycles. The first-order valence-corrected chi connectivity index (χ1v) is 8.11. The van der Waals surface area contributed by atoms with Crippen LogP contribution in [0.1, 0.15) is 34.6 Å². The molecule has 6 nitrogen and oxygen atoms in total. The van der Waals surface area contributed by atoms with Gasteiger partial charge in [0, 0.05) is 11.7 Å². The summed E-state index contributed by atoms with van der Waals surface area (Å²) in [6.45, 7) is 2.03. The van der Waals surface area contributed by atoms with E-state index < -0.39 is 0 Å². The van der Waals surface area contributed by atoms with Gasteiger partial charge in [-0.3, -0.25) is 4.79 Å². The van der Waals surface area contributed by atoms with Gasteiger partial charge in [-0.15, -0.1) is 0 Å². The van der Waals surface area contributed by atoms with Crippen molar-refractivity contribution >= 4 is 17.4 Å². The van der Waals surface area contributed by atoms with E-state index >= 15 is 0 Å². The van der Waals surface area contributed by atoms with Gasteiger partial charge >= 0.3 is 0 Å². The molecule has 1 atom stereocenters.